The van der Waals surface area contributed by atoms with Crippen LogP contribution in [-0.2, 0) is 19.3 Å². The molecule has 5 heteroatoms. The summed E-state index contributed by atoms with van der Waals surface area (Å²) < 4.78 is 0. The first-order chi connectivity index (χ1) is 16.1. The van der Waals surface area contributed by atoms with E-state index in [2.05, 4.69) is 89.5 Å². The lowest BCUT2D eigenvalue weighted by Crippen LogP contribution is -2.56. The molecule has 33 heavy (non-hydrogen) atoms. The van der Waals surface area contributed by atoms with E-state index in [9.17, 15) is 0 Å². The molecule has 2 aliphatic rings. The van der Waals surface area contributed by atoms with Crippen molar-refractivity contribution in [1.82, 2.24) is 20.1 Å². The molecule has 0 spiro atoms. The van der Waals surface area contributed by atoms with Gasteiger partial charge in [-0.2, -0.15) is 0 Å². The van der Waals surface area contributed by atoms with Crippen LogP contribution >= 0.6 is 12.2 Å². The number of nitrogens with one attached hydrogen (secondary N) is 2. The van der Waals surface area contributed by atoms with Crippen molar-refractivity contribution in [1.29, 1.82) is 0 Å². The third kappa shape index (κ3) is 4.29. The highest BCUT2D eigenvalue weighted by atomic mass is 32.1. The van der Waals surface area contributed by atoms with Crippen molar-refractivity contribution in [3.05, 3.63) is 70.9 Å². The fraction of sp³-hybridized carbons (Fsp3) is 0.464. The van der Waals surface area contributed by atoms with Crippen LogP contribution in [0.4, 0.5) is 0 Å². The Morgan fingerprint density at radius 2 is 1.88 bits per heavy atom. The molecule has 0 unspecified atom stereocenters. The molecule has 174 valence electrons. The van der Waals surface area contributed by atoms with Gasteiger partial charge in [-0.1, -0.05) is 42.5 Å². The second-order valence-corrected chi connectivity index (χ2v) is 10.1. The highest BCUT2D eigenvalue weighted by molar-refractivity contribution is 7.80. The molecule has 3 atom stereocenters. The molecule has 0 amide bonds. The van der Waals surface area contributed by atoms with Crippen LogP contribution in [0.3, 0.4) is 0 Å². The molecule has 1 fully saturated rings. The summed E-state index contributed by atoms with van der Waals surface area (Å²) in [6.45, 7) is 7.29. The van der Waals surface area contributed by atoms with Crippen LogP contribution in [0.2, 0.25) is 0 Å². The number of rotatable bonds is 6. The molecule has 4 nitrogen and oxygen atoms in total. The number of fused-ring (bicyclic) bond motifs is 2. The fourth-order valence-electron chi connectivity index (χ4n) is 6.11. The largest absolute Gasteiger partial charge is 0.359 e. The first-order valence-electron chi connectivity index (χ1n) is 12.5. The van der Waals surface area contributed by atoms with Crippen LogP contribution in [0.15, 0.2) is 48.5 Å². The van der Waals surface area contributed by atoms with E-state index < -0.39 is 0 Å². The minimum absolute atomic E-state index is 0.387. The van der Waals surface area contributed by atoms with Gasteiger partial charge in [-0.15, -0.1) is 0 Å². The van der Waals surface area contributed by atoms with Crippen LogP contribution < -0.4 is 5.32 Å². The Labute approximate surface area is 203 Å². The average molecular weight is 461 g/mol. The number of nitrogens with zero attached hydrogens (tertiary/aromatic N) is 2. The normalized spacial score (nSPS) is 22.2. The molecule has 2 heterocycles. The van der Waals surface area contributed by atoms with Gasteiger partial charge in [0, 0.05) is 54.2 Å². The number of benzene rings is 2. The zero-order valence-electron chi connectivity index (χ0n) is 20.1. The Morgan fingerprint density at radius 1 is 1.09 bits per heavy atom. The van der Waals surface area contributed by atoms with E-state index in [4.69, 9.17) is 12.2 Å². The second kappa shape index (κ2) is 9.47. The fourth-order valence-corrected chi connectivity index (χ4v) is 6.54. The van der Waals surface area contributed by atoms with Crippen LogP contribution in [0, 0.1) is 0 Å². The third-order valence-corrected chi connectivity index (χ3v) is 8.20. The van der Waals surface area contributed by atoms with Gasteiger partial charge in [0.05, 0.1) is 0 Å². The SMILES string of the molecule is CCN(CC)C(=S)N[C@H]1C[C@@H]2c3cccc4[nH]c(CCc5ccccc5)c(c34)C[C@H]2N(C)C1. The van der Waals surface area contributed by atoms with Gasteiger partial charge in [0.1, 0.15) is 0 Å². The first kappa shape index (κ1) is 22.4. The van der Waals surface area contributed by atoms with Gasteiger partial charge in [-0.25, -0.2) is 0 Å². The quantitative estimate of drug-likeness (QED) is 0.514. The first-order valence-corrected chi connectivity index (χ1v) is 12.9. The van der Waals surface area contributed by atoms with E-state index in [0.717, 1.165) is 50.4 Å². The summed E-state index contributed by atoms with van der Waals surface area (Å²) in [4.78, 5) is 8.62. The van der Waals surface area contributed by atoms with Crippen LogP contribution in [-0.4, -0.2) is 58.7 Å². The molecule has 1 saturated heterocycles. The molecule has 0 saturated carbocycles. The number of aromatic amines is 1. The Kier molecular flexibility index (Phi) is 6.44. The summed E-state index contributed by atoms with van der Waals surface area (Å²) in [6.07, 6.45) is 4.42. The topological polar surface area (TPSA) is 34.3 Å². The molecule has 1 aromatic heterocycles. The van der Waals surface area contributed by atoms with Gasteiger partial charge in [-0.3, -0.25) is 0 Å². The Balaban J connectivity index is 1.41. The molecule has 0 bridgehead atoms. The van der Waals surface area contributed by atoms with E-state index in [0.29, 0.717) is 18.0 Å². The van der Waals surface area contributed by atoms with Crippen molar-refractivity contribution in [3.63, 3.8) is 0 Å². The zero-order chi connectivity index (χ0) is 22.9. The maximum Gasteiger partial charge on any atom is 0.169 e. The Bertz CT molecular complexity index is 1120. The summed E-state index contributed by atoms with van der Waals surface area (Å²) in [6, 6.07) is 18.6. The number of piperidine rings is 1. The maximum atomic E-state index is 5.73. The van der Waals surface area contributed by atoms with E-state index in [1.54, 1.807) is 5.56 Å². The van der Waals surface area contributed by atoms with Gasteiger partial charge in [0.25, 0.3) is 0 Å². The number of thiocarbonyl (C=S) groups is 1. The highest BCUT2D eigenvalue weighted by Crippen LogP contribution is 2.44. The van der Waals surface area contributed by atoms with Crippen LogP contribution in [0.25, 0.3) is 10.9 Å². The number of aryl methyl sites for hydroxylation is 2. The minimum Gasteiger partial charge on any atom is -0.359 e. The smallest absolute Gasteiger partial charge is 0.169 e. The van der Waals surface area contributed by atoms with E-state index in [1.165, 1.54) is 27.7 Å². The lowest BCUT2D eigenvalue weighted by Gasteiger charge is -2.46. The molecule has 1 aliphatic heterocycles. The van der Waals surface area contributed by atoms with Crippen molar-refractivity contribution >= 4 is 28.2 Å². The molecule has 1 aliphatic carbocycles. The summed E-state index contributed by atoms with van der Waals surface area (Å²) in [5.74, 6) is 0.537. The number of aromatic nitrogens is 1. The van der Waals surface area contributed by atoms with Crippen LogP contribution in [0.5, 0.6) is 0 Å². The molecule has 5 rings (SSSR count). The van der Waals surface area contributed by atoms with Crippen molar-refractivity contribution in [2.24, 2.45) is 0 Å². The van der Waals surface area contributed by atoms with Crippen molar-refractivity contribution in [2.45, 2.75) is 57.5 Å². The van der Waals surface area contributed by atoms with Gasteiger partial charge in [0.15, 0.2) is 5.11 Å². The third-order valence-electron chi connectivity index (χ3n) is 7.82. The number of hydrogen-bond donors (Lipinski definition) is 2. The van der Waals surface area contributed by atoms with Crippen molar-refractivity contribution < 1.29 is 0 Å². The van der Waals surface area contributed by atoms with Gasteiger partial charge in [-0.05, 0) is 81.6 Å². The van der Waals surface area contributed by atoms with Gasteiger partial charge < -0.3 is 20.1 Å². The van der Waals surface area contributed by atoms with Crippen LogP contribution in [0.1, 0.15) is 48.6 Å². The highest BCUT2D eigenvalue weighted by Gasteiger charge is 2.40. The van der Waals surface area contributed by atoms with E-state index in [1.807, 2.05) is 0 Å². The van der Waals surface area contributed by atoms with Crippen molar-refractivity contribution in [3.8, 4) is 0 Å². The number of likely N-dealkylation sites (tertiary alicyclic amines) is 1. The molecule has 3 aromatic rings. The van der Waals surface area contributed by atoms with E-state index >= 15 is 0 Å². The average Bonchev–Trinajstić information content (AvgIpc) is 3.18. The lowest BCUT2D eigenvalue weighted by atomic mass is 9.73. The summed E-state index contributed by atoms with van der Waals surface area (Å²) in [5.41, 5.74) is 7.21. The Hall–Kier alpha value is -2.37. The number of likely N-dealkylation sites (N-methyl/N-ethyl adjacent to an activating group) is 1. The van der Waals surface area contributed by atoms with Gasteiger partial charge in [0.2, 0.25) is 0 Å². The predicted molar refractivity (Wildman–Crippen MR) is 142 cm³/mol. The lowest BCUT2D eigenvalue weighted by molar-refractivity contribution is 0.133. The molecule has 2 aromatic carbocycles. The Morgan fingerprint density at radius 3 is 2.64 bits per heavy atom. The standard InChI is InChI=1S/C28H36N4S/c1-4-32(5-2)28(33)29-20-16-22-21-12-9-13-25-27(21)23(17-26(22)31(3)18-20)24(30-25)15-14-19-10-7-6-8-11-19/h6-13,20,22,26,30H,4-5,14-18H2,1-3H3,(H,29,33)/t20-,22+,26+/m0/s1. The maximum absolute atomic E-state index is 5.73. The summed E-state index contributed by atoms with van der Waals surface area (Å²) >= 11 is 5.73. The van der Waals surface area contributed by atoms with Gasteiger partial charge >= 0.3 is 0 Å². The summed E-state index contributed by atoms with van der Waals surface area (Å²) in [7, 11) is 2.30. The second-order valence-electron chi connectivity index (χ2n) is 9.71. The predicted octanol–water partition coefficient (Wildman–Crippen LogP) is 4.88. The minimum atomic E-state index is 0.387. The molecular formula is C28H36N4S. The van der Waals surface area contributed by atoms with Crippen molar-refractivity contribution in [2.75, 3.05) is 26.7 Å². The molecular weight excluding hydrogens is 424 g/mol. The number of H-pyrrole nitrogens is 1. The number of hydrogen-bond acceptors (Lipinski definition) is 2. The monoisotopic (exact) mass is 460 g/mol. The molecule has 0 radical (unpaired) electrons. The zero-order valence-corrected chi connectivity index (χ0v) is 20.9. The summed E-state index contributed by atoms with van der Waals surface area (Å²) in [5, 5.41) is 6.08. The molecule has 2 N–H and O–H groups in total. The van der Waals surface area contributed by atoms with E-state index in [-0.39, 0.29) is 0 Å².